The standard InChI is InChI=1S/C23H23FN2OS/c1-16(17-8-10-18(11-9-17)26-14-4-7-23(26)27)25-15-19-12-13-22(28-19)20-5-2-3-6-21(20)24/h2-3,5-6,8-13,16,25H,4,7,14-15H2,1H3. The van der Waals surface area contributed by atoms with Crippen molar-refractivity contribution in [1.29, 1.82) is 0 Å². The Kier molecular flexibility index (Phi) is 5.55. The Bertz CT molecular complexity index is 967. The molecule has 1 aromatic heterocycles. The van der Waals surface area contributed by atoms with Crippen LogP contribution in [0.3, 0.4) is 0 Å². The van der Waals surface area contributed by atoms with E-state index in [-0.39, 0.29) is 17.8 Å². The average molecular weight is 395 g/mol. The molecule has 28 heavy (non-hydrogen) atoms. The molecule has 0 spiro atoms. The molecule has 5 heteroatoms. The third-order valence-corrected chi connectivity index (χ3v) is 6.28. The smallest absolute Gasteiger partial charge is 0.227 e. The summed E-state index contributed by atoms with van der Waals surface area (Å²) in [5.74, 6) is 0.0241. The molecule has 1 amide bonds. The molecule has 2 aromatic carbocycles. The van der Waals surface area contributed by atoms with Gasteiger partial charge in [-0.2, -0.15) is 0 Å². The molecule has 0 saturated carbocycles. The Balaban J connectivity index is 1.37. The zero-order valence-electron chi connectivity index (χ0n) is 15.8. The maximum absolute atomic E-state index is 14.0. The van der Waals surface area contributed by atoms with Crippen molar-refractivity contribution >= 4 is 22.9 Å². The average Bonchev–Trinajstić information content (AvgIpc) is 3.36. The normalized spacial score (nSPS) is 15.2. The van der Waals surface area contributed by atoms with Crippen molar-refractivity contribution in [3.8, 4) is 10.4 Å². The van der Waals surface area contributed by atoms with E-state index in [1.54, 1.807) is 17.4 Å². The van der Waals surface area contributed by atoms with Gasteiger partial charge in [0.1, 0.15) is 5.82 Å². The van der Waals surface area contributed by atoms with Gasteiger partial charge in [-0.3, -0.25) is 4.79 Å². The number of carbonyl (C=O) groups is 1. The third kappa shape index (κ3) is 4.01. The van der Waals surface area contributed by atoms with Crippen molar-refractivity contribution in [3.05, 3.63) is 76.9 Å². The minimum atomic E-state index is -0.186. The summed E-state index contributed by atoms with van der Waals surface area (Å²) < 4.78 is 14.0. The zero-order chi connectivity index (χ0) is 19.5. The van der Waals surface area contributed by atoms with Gasteiger partial charge in [-0.25, -0.2) is 4.39 Å². The van der Waals surface area contributed by atoms with Gasteiger partial charge in [-0.15, -0.1) is 11.3 Å². The number of hydrogen-bond donors (Lipinski definition) is 1. The maximum Gasteiger partial charge on any atom is 0.227 e. The van der Waals surface area contributed by atoms with Gasteiger partial charge in [0.25, 0.3) is 0 Å². The fourth-order valence-electron chi connectivity index (χ4n) is 3.51. The highest BCUT2D eigenvalue weighted by molar-refractivity contribution is 7.15. The Labute approximate surface area is 168 Å². The molecule has 1 unspecified atom stereocenters. The van der Waals surface area contributed by atoms with E-state index in [1.165, 1.54) is 16.5 Å². The number of rotatable bonds is 6. The number of nitrogens with one attached hydrogen (secondary N) is 1. The van der Waals surface area contributed by atoms with Crippen LogP contribution in [0.4, 0.5) is 10.1 Å². The van der Waals surface area contributed by atoms with Crippen LogP contribution in [0.1, 0.15) is 36.2 Å². The van der Waals surface area contributed by atoms with Crippen molar-refractivity contribution in [1.82, 2.24) is 5.32 Å². The van der Waals surface area contributed by atoms with Crippen LogP contribution in [-0.2, 0) is 11.3 Å². The number of nitrogens with zero attached hydrogens (tertiary/aromatic N) is 1. The molecule has 1 saturated heterocycles. The van der Waals surface area contributed by atoms with Gasteiger partial charge in [-0.1, -0.05) is 30.3 Å². The van der Waals surface area contributed by atoms with Crippen molar-refractivity contribution in [2.45, 2.75) is 32.4 Å². The minimum absolute atomic E-state index is 0.183. The second-order valence-corrected chi connectivity index (χ2v) is 8.26. The van der Waals surface area contributed by atoms with Crippen LogP contribution in [0, 0.1) is 5.82 Å². The summed E-state index contributed by atoms with van der Waals surface area (Å²) in [5, 5.41) is 3.53. The largest absolute Gasteiger partial charge is 0.312 e. The Morgan fingerprint density at radius 1 is 1.11 bits per heavy atom. The summed E-state index contributed by atoms with van der Waals surface area (Å²) in [6.45, 7) is 3.67. The lowest BCUT2D eigenvalue weighted by atomic mass is 10.1. The molecule has 1 N–H and O–H groups in total. The fraction of sp³-hybridized carbons (Fsp3) is 0.261. The number of halogens is 1. The molecule has 1 aliphatic rings. The molecule has 1 aliphatic heterocycles. The number of amides is 1. The summed E-state index contributed by atoms with van der Waals surface area (Å²) in [6, 6.07) is 19.3. The van der Waals surface area contributed by atoms with E-state index in [0.717, 1.165) is 30.1 Å². The van der Waals surface area contributed by atoms with Gasteiger partial charge in [-0.05, 0) is 49.2 Å². The fourth-order valence-corrected chi connectivity index (χ4v) is 4.50. The minimum Gasteiger partial charge on any atom is -0.312 e. The second kappa shape index (κ2) is 8.25. The predicted octanol–water partition coefficient (Wildman–Crippen LogP) is 5.53. The number of thiophene rings is 1. The lowest BCUT2D eigenvalue weighted by molar-refractivity contribution is -0.117. The van der Waals surface area contributed by atoms with E-state index < -0.39 is 0 Å². The summed E-state index contributed by atoms with van der Waals surface area (Å²) in [6.07, 6.45) is 1.59. The molecule has 0 radical (unpaired) electrons. The van der Waals surface area contributed by atoms with Gasteiger partial charge in [0, 0.05) is 46.6 Å². The molecule has 0 bridgehead atoms. The van der Waals surface area contributed by atoms with E-state index >= 15 is 0 Å². The lowest BCUT2D eigenvalue weighted by Crippen LogP contribution is -2.23. The molecule has 4 rings (SSSR count). The quantitative estimate of drug-likeness (QED) is 0.596. The summed E-state index contributed by atoms with van der Waals surface area (Å²) in [7, 11) is 0. The third-order valence-electron chi connectivity index (χ3n) is 5.16. The van der Waals surface area contributed by atoms with E-state index in [0.29, 0.717) is 12.0 Å². The highest BCUT2D eigenvalue weighted by atomic mass is 32.1. The van der Waals surface area contributed by atoms with Crippen LogP contribution in [0.25, 0.3) is 10.4 Å². The van der Waals surface area contributed by atoms with Gasteiger partial charge in [0.2, 0.25) is 5.91 Å². The highest BCUT2D eigenvalue weighted by Gasteiger charge is 2.21. The van der Waals surface area contributed by atoms with Crippen molar-refractivity contribution < 1.29 is 9.18 Å². The van der Waals surface area contributed by atoms with Crippen LogP contribution in [0.2, 0.25) is 0 Å². The van der Waals surface area contributed by atoms with Crippen molar-refractivity contribution in [2.75, 3.05) is 11.4 Å². The molecular weight excluding hydrogens is 371 g/mol. The molecule has 0 aliphatic carbocycles. The monoisotopic (exact) mass is 394 g/mol. The molecule has 144 valence electrons. The Morgan fingerprint density at radius 3 is 2.61 bits per heavy atom. The van der Waals surface area contributed by atoms with Gasteiger partial charge in [0.05, 0.1) is 0 Å². The van der Waals surface area contributed by atoms with Crippen molar-refractivity contribution in [3.63, 3.8) is 0 Å². The van der Waals surface area contributed by atoms with Gasteiger partial charge in [0.15, 0.2) is 0 Å². The number of anilines is 1. The Morgan fingerprint density at radius 2 is 1.89 bits per heavy atom. The summed E-state index contributed by atoms with van der Waals surface area (Å²) in [4.78, 5) is 15.8. The highest BCUT2D eigenvalue weighted by Crippen LogP contribution is 2.30. The van der Waals surface area contributed by atoms with Gasteiger partial charge < -0.3 is 10.2 Å². The molecule has 3 nitrogen and oxygen atoms in total. The van der Waals surface area contributed by atoms with Crippen LogP contribution in [0.5, 0.6) is 0 Å². The number of benzene rings is 2. The van der Waals surface area contributed by atoms with Crippen molar-refractivity contribution in [2.24, 2.45) is 0 Å². The van der Waals surface area contributed by atoms with Gasteiger partial charge >= 0.3 is 0 Å². The maximum atomic E-state index is 14.0. The molecular formula is C23H23FN2OS. The van der Waals surface area contributed by atoms with E-state index in [2.05, 4.69) is 24.4 Å². The second-order valence-electron chi connectivity index (χ2n) is 7.09. The summed E-state index contributed by atoms with van der Waals surface area (Å²) >= 11 is 1.61. The number of hydrogen-bond acceptors (Lipinski definition) is 3. The molecule has 1 fully saturated rings. The summed E-state index contributed by atoms with van der Waals surface area (Å²) in [5.41, 5.74) is 2.81. The zero-order valence-corrected chi connectivity index (χ0v) is 16.6. The lowest BCUT2D eigenvalue weighted by Gasteiger charge is -2.18. The predicted molar refractivity (Wildman–Crippen MR) is 113 cm³/mol. The topological polar surface area (TPSA) is 32.3 Å². The molecule has 2 heterocycles. The van der Waals surface area contributed by atoms with Crippen LogP contribution in [-0.4, -0.2) is 12.5 Å². The SMILES string of the molecule is CC(NCc1ccc(-c2ccccc2F)s1)c1ccc(N2CCCC2=O)cc1. The first-order valence-electron chi connectivity index (χ1n) is 9.59. The van der Waals surface area contributed by atoms with Crippen LogP contribution in [0.15, 0.2) is 60.7 Å². The molecule has 1 atom stereocenters. The first-order valence-corrected chi connectivity index (χ1v) is 10.4. The molecule has 3 aromatic rings. The van der Waals surface area contributed by atoms with Crippen LogP contribution >= 0.6 is 11.3 Å². The first kappa shape index (κ1) is 18.8. The van der Waals surface area contributed by atoms with E-state index in [9.17, 15) is 9.18 Å². The van der Waals surface area contributed by atoms with E-state index in [4.69, 9.17) is 0 Å². The Hall–Kier alpha value is -2.50. The number of carbonyl (C=O) groups excluding carboxylic acids is 1. The van der Waals surface area contributed by atoms with E-state index in [1.807, 2.05) is 41.3 Å². The van der Waals surface area contributed by atoms with Crippen LogP contribution < -0.4 is 10.2 Å². The first-order chi connectivity index (χ1) is 13.6.